The lowest BCUT2D eigenvalue weighted by atomic mass is 10.1. The van der Waals surface area contributed by atoms with Crippen LogP contribution in [0.3, 0.4) is 0 Å². The number of nitrogen functional groups attached to an aromatic ring is 1. The van der Waals surface area contributed by atoms with Crippen molar-refractivity contribution in [2.75, 3.05) is 12.0 Å². The first-order chi connectivity index (χ1) is 6.54. The second kappa shape index (κ2) is 4.45. The highest BCUT2D eigenvalue weighted by Gasteiger charge is 2.07. The van der Waals surface area contributed by atoms with Crippen molar-refractivity contribution < 1.29 is 4.21 Å². The maximum atomic E-state index is 11.0. The number of halogens is 1. The summed E-state index contributed by atoms with van der Waals surface area (Å²) in [6.45, 7) is 0. The zero-order valence-electron chi connectivity index (χ0n) is 7.58. The van der Waals surface area contributed by atoms with Gasteiger partial charge in [-0.3, -0.25) is 4.21 Å². The number of anilines is 1. The van der Waals surface area contributed by atoms with E-state index in [1.807, 2.05) is 6.07 Å². The van der Waals surface area contributed by atoms with Gasteiger partial charge in [0.1, 0.15) is 6.07 Å². The van der Waals surface area contributed by atoms with Gasteiger partial charge in [-0.25, -0.2) is 0 Å². The first-order valence-corrected chi connectivity index (χ1v) is 5.93. The molecule has 0 aliphatic rings. The molecule has 1 atom stereocenters. The number of nitrogens with two attached hydrogens (primary N) is 1. The van der Waals surface area contributed by atoms with E-state index in [4.69, 9.17) is 22.6 Å². The molecule has 1 rings (SSSR count). The molecule has 0 spiro atoms. The molecular weight excluding hydrogens is 220 g/mol. The second-order valence-corrected chi connectivity index (χ2v) is 4.70. The maximum absolute atomic E-state index is 11.0. The van der Waals surface area contributed by atoms with Gasteiger partial charge in [-0.2, -0.15) is 5.26 Å². The number of nitriles is 1. The Hall–Kier alpha value is -1.05. The Morgan fingerprint density at radius 3 is 2.79 bits per heavy atom. The van der Waals surface area contributed by atoms with Gasteiger partial charge in [-0.05, 0) is 17.7 Å². The normalized spacial score (nSPS) is 12.1. The third-order valence-electron chi connectivity index (χ3n) is 1.70. The summed E-state index contributed by atoms with van der Waals surface area (Å²) in [5.41, 5.74) is 7.03. The van der Waals surface area contributed by atoms with E-state index in [0.29, 0.717) is 27.6 Å². The molecule has 0 saturated heterocycles. The second-order valence-electron chi connectivity index (χ2n) is 2.86. The van der Waals surface area contributed by atoms with Gasteiger partial charge in [0.25, 0.3) is 0 Å². The van der Waals surface area contributed by atoms with Crippen LogP contribution in [-0.4, -0.2) is 10.5 Å². The number of hydrogen-bond donors (Lipinski definition) is 1. The SMILES string of the molecule is CS(=O)Cc1cc(N)c(C#N)cc1Cl. The van der Waals surface area contributed by atoms with Crippen molar-refractivity contribution >= 4 is 28.1 Å². The molecule has 1 unspecified atom stereocenters. The van der Waals surface area contributed by atoms with Crippen LogP contribution in [-0.2, 0) is 16.6 Å². The quantitative estimate of drug-likeness (QED) is 0.783. The van der Waals surface area contributed by atoms with Crippen molar-refractivity contribution in [1.82, 2.24) is 0 Å². The van der Waals surface area contributed by atoms with Crippen LogP contribution in [0.4, 0.5) is 5.69 Å². The minimum Gasteiger partial charge on any atom is -0.398 e. The molecule has 5 heteroatoms. The van der Waals surface area contributed by atoms with Crippen LogP contribution in [0.2, 0.25) is 5.02 Å². The summed E-state index contributed by atoms with van der Waals surface area (Å²) in [6.07, 6.45) is 1.59. The van der Waals surface area contributed by atoms with Gasteiger partial charge in [-0.1, -0.05) is 11.6 Å². The summed E-state index contributed by atoms with van der Waals surface area (Å²) in [5, 5.41) is 9.10. The maximum Gasteiger partial charge on any atom is 0.101 e. The highest BCUT2D eigenvalue weighted by atomic mass is 35.5. The third-order valence-corrected chi connectivity index (χ3v) is 2.77. The molecule has 0 bridgehead atoms. The molecule has 0 aliphatic heterocycles. The highest BCUT2D eigenvalue weighted by Crippen LogP contribution is 2.23. The first-order valence-electron chi connectivity index (χ1n) is 3.82. The van der Waals surface area contributed by atoms with E-state index < -0.39 is 10.8 Å². The average molecular weight is 229 g/mol. The topological polar surface area (TPSA) is 66.9 Å². The third kappa shape index (κ3) is 2.47. The standard InChI is InChI=1S/C9H9ClN2OS/c1-14(13)5-7-3-9(12)6(4-11)2-8(7)10/h2-3H,5,12H2,1H3. The van der Waals surface area contributed by atoms with Crippen LogP contribution in [0.5, 0.6) is 0 Å². The number of rotatable bonds is 2. The Bertz CT molecular complexity index is 426. The summed E-state index contributed by atoms with van der Waals surface area (Å²) in [5.74, 6) is 0.356. The lowest BCUT2D eigenvalue weighted by molar-refractivity contribution is 0.686. The molecule has 74 valence electrons. The number of benzene rings is 1. The molecular formula is C9H9ClN2OS. The van der Waals surface area contributed by atoms with Gasteiger partial charge in [-0.15, -0.1) is 0 Å². The minimum absolute atomic E-state index is 0.348. The molecule has 14 heavy (non-hydrogen) atoms. The van der Waals surface area contributed by atoms with E-state index in [1.165, 1.54) is 6.07 Å². The van der Waals surface area contributed by atoms with Crippen LogP contribution in [0, 0.1) is 11.3 Å². The highest BCUT2D eigenvalue weighted by molar-refractivity contribution is 7.83. The monoisotopic (exact) mass is 228 g/mol. The molecule has 0 aromatic heterocycles. The Morgan fingerprint density at radius 2 is 2.29 bits per heavy atom. The fourth-order valence-corrected chi connectivity index (χ4v) is 2.05. The molecule has 1 aromatic rings. The summed E-state index contributed by atoms with van der Waals surface area (Å²) >= 11 is 5.88. The molecule has 0 fully saturated rings. The molecule has 0 saturated carbocycles. The van der Waals surface area contributed by atoms with E-state index >= 15 is 0 Å². The molecule has 0 aliphatic carbocycles. The Labute approximate surface area is 89.9 Å². The summed E-state index contributed by atoms with van der Waals surface area (Å²) in [7, 11) is -0.967. The van der Waals surface area contributed by atoms with Gasteiger partial charge < -0.3 is 5.73 Å². The molecule has 3 nitrogen and oxygen atoms in total. The Kier molecular flexibility index (Phi) is 3.50. The Balaban J connectivity index is 3.16. The molecule has 0 radical (unpaired) electrons. The summed E-state index contributed by atoms with van der Waals surface area (Å²) in [6, 6.07) is 5.03. The van der Waals surface area contributed by atoms with Crippen LogP contribution in [0.15, 0.2) is 12.1 Å². The predicted octanol–water partition coefficient (Wildman–Crippen LogP) is 1.67. The summed E-state index contributed by atoms with van der Waals surface area (Å²) < 4.78 is 11.0. The zero-order chi connectivity index (χ0) is 10.7. The van der Waals surface area contributed by atoms with Crippen molar-refractivity contribution in [2.24, 2.45) is 0 Å². The van der Waals surface area contributed by atoms with E-state index in [2.05, 4.69) is 0 Å². The van der Waals surface area contributed by atoms with E-state index in [9.17, 15) is 4.21 Å². The summed E-state index contributed by atoms with van der Waals surface area (Å²) in [4.78, 5) is 0. The van der Waals surface area contributed by atoms with Gasteiger partial charge >= 0.3 is 0 Å². The molecule has 0 heterocycles. The van der Waals surface area contributed by atoms with E-state index in [0.717, 1.165) is 0 Å². The van der Waals surface area contributed by atoms with Crippen LogP contribution in [0.25, 0.3) is 0 Å². The minimum atomic E-state index is -0.967. The predicted molar refractivity (Wildman–Crippen MR) is 58.3 cm³/mol. The largest absolute Gasteiger partial charge is 0.398 e. The van der Waals surface area contributed by atoms with Crippen molar-refractivity contribution in [1.29, 1.82) is 5.26 Å². The first kappa shape index (κ1) is 11.0. The lowest BCUT2D eigenvalue weighted by Gasteiger charge is -2.05. The Morgan fingerprint density at radius 1 is 1.64 bits per heavy atom. The molecule has 1 aromatic carbocycles. The zero-order valence-corrected chi connectivity index (χ0v) is 9.15. The fraction of sp³-hybridized carbons (Fsp3) is 0.222. The van der Waals surface area contributed by atoms with Crippen LogP contribution < -0.4 is 5.73 Å². The number of hydrogen-bond acceptors (Lipinski definition) is 3. The van der Waals surface area contributed by atoms with Gasteiger partial charge in [0.05, 0.1) is 5.56 Å². The van der Waals surface area contributed by atoms with Gasteiger partial charge in [0, 0.05) is 33.5 Å². The van der Waals surface area contributed by atoms with Crippen LogP contribution in [0.1, 0.15) is 11.1 Å². The lowest BCUT2D eigenvalue weighted by Crippen LogP contribution is -1.97. The van der Waals surface area contributed by atoms with Crippen LogP contribution >= 0.6 is 11.6 Å². The van der Waals surface area contributed by atoms with Crippen molar-refractivity contribution in [3.05, 3.63) is 28.3 Å². The average Bonchev–Trinajstić information content (AvgIpc) is 2.10. The van der Waals surface area contributed by atoms with E-state index in [-0.39, 0.29) is 0 Å². The van der Waals surface area contributed by atoms with E-state index in [1.54, 1.807) is 12.3 Å². The fourth-order valence-electron chi connectivity index (χ4n) is 1.06. The molecule has 2 N–H and O–H groups in total. The molecule has 0 amide bonds. The van der Waals surface area contributed by atoms with Gasteiger partial charge in [0.2, 0.25) is 0 Å². The smallest absolute Gasteiger partial charge is 0.101 e. The van der Waals surface area contributed by atoms with Crippen molar-refractivity contribution in [3.63, 3.8) is 0 Å². The van der Waals surface area contributed by atoms with Gasteiger partial charge in [0.15, 0.2) is 0 Å². The van der Waals surface area contributed by atoms with Crippen molar-refractivity contribution in [2.45, 2.75) is 5.75 Å². The van der Waals surface area contributed by atoms with Crippen molar-refractivity contribution in [3.8, 4) is 6.07 Å². The number of nitrogens with zero attached hydrogens (tertiary/aromatic N) is 1.